The molecule has 1 N–H and O–H groups in total. The summed E-state index contributed by atoms with van der Waals surface area (Å²) in [6.45, 7) is -0.0950. The highest BCUT2D eigenvalue weighted by molar-refractivity contribution is 7.92. The highest BCUT2D eigenvalue weighted by Crippen LogP contribution is 2.33. The summed E-state index contributed by atoms with van der Waals surface area (Å²) in [4.78, 5) is 12.2. The molecule has 6 nitrogen and oxygen atoms in total. The minimum Gasteiger partial charge on any atom is -0.490 e. The quantitative estimate of drug-likeness (QED) is 0.622. The standard InChI is InChI=1S/C17H17Cl3N2O4S/c1-27(24,25)22(14-7-4-6-13(19)17(14)20)11-16(23)21-9-10-26-15-8-3-2-5-12(15)18/h2-8H,9-11H2,1H3,(H,21,23). The lowest BCUT2D eigenvalue weighted by Crippen LogP contribution is -2.41. The molecule has 2 aromatic carbocycles. The number of carbonyl (C=O) groups is 1. The topological polar surface area (TPSA) is 75.7 Å². The van der Waals surface area contributed by atoms with Gasteiger partial charge in [0, 0.05) is 0 Å². The average molecular weight is 452 g/mol. The minimum atomic E-state index is -3.75. The summed E-state index contributed by atoms with van der Waals surface area (Å²) >= 11 is 18.0. The molecule has 0 aliphatic heterocycles. The smallest absolute Gasteiger partial charge is 0.240 e. The van der Waals surface area contributed by atoms with Crippen LogP contribution in [0.1, 0.15) is 0 Å². The van der Waals surface area contributed by atoms with Gasteiger partial charge >= 0.3 is 0 Å². The van der Waals surface area contributed by atoms with Crippen LogP contribution in [0.5, 0.6) is 5.75 Å². The van der Waals surface area contributed by atoms with Gasteiger partial charge < -0.3 is 10.1 Å². The van der Waals surface area contributed by atoms with E-state index in [0.717, 1.165) is 10.6 Å². The van der Waals surface area contributed by atoms with E-state index in [1.807, 2.05) is 0 Å². The fourth-order valence-corrected chi connectivity index (χ4v) is 3.66. The molecule has 0 aliphatic carbocycles. The minimum absolute atomic E-state index is 0.0550. The normalized spacial score (nSPS) is 11.1. The molecule has 10 heteroatoms. The van der Waals surface area contributed by atoms with Gasteiger partial charge in [-0.25, -0.2) is 8.42 Å². The molecule has 0 heterocycles. The number of benzene rings is 2. The van der Waals surface area contributed by atoms with Crippen LogP contribution in [0.3, 0.4) is 0 Å². The van der Waals surface area contributed by atoms with Crippen molar-refractivity contribution in [2.45, 2.75) is 0 Å². The summed E-state index contributed by atoms with van der Waals surface area (Å²) < 4.78 is 30.5. The van der Waals surface area contributed by atoms with E-state index < -0.39 is 22.5 Å². The molecule has 2 aromatic rings. The number of ether oxygens (including phenoxy) is 1. The van der Waals surface area contributed by atoms with Gasteiger partial charge in [-0.05, 0) is 24.3 Å². The Kier molecular flexibility index (Phi) is 7.61. The summed E-state index contributed by atoms with van der Waals surface area (Å²) in [5.74, 6) is -0.0175. The number of nitrogens with one attached hydrogen (secondary N) is 1. The summed E-state index contributed by atoms with van der Waals surface area (Å²) in [6, 6.07) is 11.5. The molecular weight excluding hydrogens is 435 g/mol. The van der Waals surface area contributed by atoms with E-state index in [-0.39, 0.29) is 28.9 Å². The van der Waals surface area contributed by atoms with E-state index in [1.54, 1.807) is 30.3 Å². The molecule has 0 spiro atoms. The van der Waals surface area contributed by atoms with Crippen LogP contribution in [0.15, 0.2) is 42.5 Å². The van der Waals surface area contributed by atoms with Crippen molar-refractivity contribution in [1.82, 2.24) is 5.32 Å². The molecule has 1 amide bonds. The number of hydrogen-bond acceptors (Lipinski definition) is 4. The maximum atomic E-state index is 12.2. The van der Waals surface area contributed by atoms with Crippen LogP contribution >= 0.6 is 34.8 Å². The van der Waals surface area contributed by atoms with E-state index in [1.165, 1.54) is 12.1 Å². The first kappa shape index (κ1) is 21.6. The Morgan fingerprint density at radius 2 is 1.74 bits per heavy atom. The van der Waals surface area contributed by atoms with Gasteiger partial charge in [0.15, 0.2) is 0 Å². The van der Waals surface area contributed by atoms with Crippen LogP contribution in [-0.4, -0.2) is 40.3 Å². The second-order valence-electron chi connectivity index (χ2n) is 5.47. The number of rotatable bonds is 8. The lowest BCUT2D eigenvalue weighted by atomic mass is 10.3. The molecule has 0 saturated heterocycles. The van der Waals surface area contributed by atoms with E-state index in [4.69, 9.17) is 39.5 Å². The molecule has 2 rings (SSSR count). The Morgan fingerprint density at radius 1 is 1.07 bits per heavy atom. The zero-order valence-electron chi connectivity index (χ0n) is 14.3. The Labute approximate surface area is 173 Å². The first-order valence-corrected chi connectivity index (χ1v) is 10.7. The van der Waals surface area contributed by atoms with Gasteiger partial charge in [-0.1, -0.05) is 53.0 Å². The molecule has 0 aromatic heterocycles. The Morgan fingerprint density at radius 3 is 2.41 bits per heavy atom. The van der Waals surface area contributed by atoms with E-state index in [9.17, 15) is 13.2 Å². The molecule has 146 valence electrons. The number of para-hydroxylation sites is 1. The monoisotopic (exact) mass is 450 g/mol. The summed E-state index contributed by atoms with van der Waals surface area (Å²) in [5, 5.41) is 3.30. The van der Waals surface area contributed by atoms with Crippen molar-refractivity contribution < 1.29 is 17.9 Å². The number of sulfonamides is 1. The predicted molar refractivity (Wildman–Crippen MR) is 109 cm³/mol. The maximum Gasteiger partial charge on any atom is 0.240 e. The van der Waals surface area contributed by atoms with Crippen molar-refractivity contribution in [3.8, 4) is 5.75 Å². The van der Waals surface area contributed by atoms with Crippen molar-refractivity contribution in [2.24, 2.45) is 0 Å². The number of carbonyl (C=O) groups excluding carboxylic acids is 1. The van der Waals surface area contributed by atoms with Crippen LogP contribution in [-0.2, 0) is 14.8 Å². The van der Waals surface area contributed by atoms with E-state index >= 15 is 0 Å². The van der Waals surface area contributed by atoms with Gasteiger partial charge in [0.1, 0.15) is 18.9 Å². The number of amides is 1. The van der Waals surface area contributed by atoms with E-state index in [2.05, 4.69) is 5.32 Å². The first-order chi connectivity index (χ1) is 12.7. The van der Waals surface area contributed by atoms with Crippen molar-refractivity contribution in [1.29, 1.82) is 0 Å². The van der Waals surface area contributed by atoms with Gasteiger partial charge in [0.05, 0.1) is 33.6 Å². The number of anilines is 1. The zero-order valence-corrected chi connectivity index (χ0v) is 17.4. The average Bonchev–Trinajstić information content (AvgIpc) is 2.60. The molecule has 0 saturated carbocycles. The number of nitrogens with zero attached hydrogens (tertiary/aromatic N) is 1. The molecule has 0 fully saturated rings. The van der Waals surface area contributed by atoms with Gasteiger partial charge in [0.2, 0.25) is 15.9 Å². The fourth-order valence-electron chi connectivity index (χ4n) is 2.17. The molecular formula is C17H17Cl3N2O4S. The highest BCUT2D eigenvalue weighted by Gasteiger charge is 2.23. The third-order valence-corrected chi connectivity index (χ3v) is 5.65. The molecule has 0 unspecified atom stereocenters. The van der Waals surface area contributed by atoms with Gasteiger partial charge in [-0.15, -0.1) is 0 Å². The molecule has 27 heavy (non-hydrogen) atoms. The Bertz CT molecular complexity index is 922. The zero-order chi connectivity index (χ0) is 20.0. The molecule has 0 radical (unpaired) electrons. The van der Waals surface area contributed by atoms with Crippen molar-refractivity contribution in [3.63, 3.8) is 0 Å². The third-order valence-electron chi connectivity index (χ3n) is 3.41. The van der Waals surface area contributed by atoms with Crippen LogP contribution in [0.25, 0.3) is 0 Å². The van der Waals surface area contributed by atoms with Crippen LogP contribution in [0.4, 0.5) is 5.69 Å². The lowest BCUT2D eigenvalue weighted by molar-refractivity contribution is -0.119. The number of hydrogen-bond donors (Lipinski definition) is 1. The summed E-state index contributed by atoms with van der Waals surface area (Å²) in [6.07, 6.45) is 0.984. The van der Waals surface area contributed by atoms with Gasteiger partial charge in [-0.3, -0.25) is 9.10 Å². The SMILES string of the molecule is CS(=O)(=O)N(CC(=O)NCCOc1ccccc1Cl)c1cccc(Cl)c1Cl. The Balaban J connectivity index is 1.97. The second kappa shape index (κ2) is 9.50. The lowest BCUT2D eigenvalue weighted by Gasteiger charge is -2.23. The number of halogens is 3. The predicted octanol–water partition coefficient (Wildman–Crippen LogP) is 3.61. The van der Waals surface area contributed by atoms with E-state index in [0.29, 0.717) is 10.8 Å². The molecule has 0 aliphatic rings. The van der Waals surface area contributed by atoms with Crippen molar-refractivity contribution in [3.05, 3.63) is 57.5 Å². The van der Waals surface area contributed by atoms with Gasteiger partial charge in [0.25, 0.3) is 0 Å². The molecule has 0 atom stereocenters. The highest BCUT2D eigenvalue weighted by atomic mass is 35.5. The van der Waals surface area contributed by atoms with Crippen molar-refractivity contribution >= 4 is 56.4 Å². The fraction of sp³-hybridized carbons (Fsp3) is 0.235. The summed E-state index contributed by atoms with van der Waals surface area (Å²) in [5.41, 5.74) is 0.133. The second-order valence-corrected chi connectivity index (χ2v) is 8.57. The van der Waals surface area contributed by atoms with Crippen LogP contribution in [0, 0.1) is 0 Å². The van der Waals surface area contributed by atoms with Crippen molar-refractivity contribution in [2.75, 3.05) is 30.3 Å². The summed E-state index contributed by atoms with van der Waals surface area (Å²) in [7, 11) is -3.75. The van der Waals surface area contributed by atoms with Crippen LogP contribution in [0.2, 0.25) is 15.1 Å². The largest absolute Gasteiger partial charge is 0.490 e. The first-order valence-electron chi connectivity index (χ1n) is 7.76. The third kappa shape index (κ3) is 6.17. The molecule has 0 bridgehead atoms. The van der Waals surface area contributed by atoms with Crippen LogP contribution < -0.4 is 14.4 Å². The maximum absolute atomic E-state index is 12.2. The van der Waals surface area contributed by atoms with Gasteiger partial charge in [-0.2, -0.15) is 0 Å². The Hall–Kier alpha value is -1.67.